The van der Waals surface area contributed by atoms with Gasteiger partial charge in [0.25, 0.3) is 0 Å². The summed E-state index contributed by atoms with van der Waals surface area (Å²) in [4.78, 5) is 17.6. The van der Waals surface area contributed by atoms with E-state index in [9.17, 15) is 4.79 Å². The van der Waals surface area contributed by atoms with E-state index in [4.69, 9.17) is 0 Å². The molecule has 25 heavy (non-hydrogen) atoms. The van der Waals surface area contributed by atoms with Crippen molar-refractivity contribution in [1.82, 2.24) is 25.1 Å². The maximum absolute atomic E-state index is 13.0. The summed E-state index contributed by atoms with van der Waals surface area (Å²) >= 11 is 4.90. The van der Waals surface area contributed by atoms with Gasteiger partial charge < -0.3 is 4.90 Å². The number of hydrogen-bond acceptors (Lipinski definition) is 7. The van der Waals surface area contributed by atoms with E-state index in [0.717, 1.165) is 13.0 Å². The quantitative estimate of drug-likeness (QED) is 0.626. The lowest BCUT2D eigenvalue weighted by Gasteiger charge is -2.35. The molecule has 0 aromatic carbocycles. The Balaban J connectivity index is 1.55. The van der Waals surface area contributed by atoms with E-state index in [2.05, 4.69) is 38.4 Å². The first-order valence-electron chi connectivity index (χ1n) is 8.06. The Kier molecular flexibility index (Phi) is 4.87. The third kappa shape index (κ3) is 3.23. The molecule has 0 aliphatic carbocycles. The topological polar surface area (TPSA) is 63.9 Å². The molecule has 4 heterocycles. The van der Waals surface area contributed by atoms with Gasteiger partial charge in [0.2, 0.25) is 11.1 Å². The number of tetrazole rings is 1. The molecule has 9 heteroatoms. The number of hydrogen-bond donors (Lipinski definition) is 0. The van der Waals surface area contributed by atoms with Crippen LogP contribution >= 0.6 is 34.4 Å². The van der Waals surface area contributed by atoms with Gasteiger partial charge in [-0.05, 0) is 52.2 Å². The molecule has 6 nitrogen and oxygen atoms in total. The van der Waals surface area contributed by atoms with Crippen LogP contribution in [0.5, 0.6) is 0 Å². The number of nitrogens with zero attached hydrogens (tertiary/aromatic N) is 5. The molecule has 0 saturated heterocycles. The second-order valence-electron chi connectivity index (χ2n) is 5.62. The Hall–Kier alpha value is -1.71. The zero-order chi connectivity index (χ0) is 17.2. The van der Waals surface area contributed by atoms with Gasteiger partial charge in [0, 0.05) is 22.8 Å². The number of aryl methyl sites for hydroxylation is 1. The minimum Gasteiger partial charge on any atom is -0.330 e. The maximum atomic E-state index is 13.0. The molecule has 0 spiro atoms. The molecule has 1 aliphatic heterocycles. The highest BCUT2D eigenvalue weighted by molar-refractivity contribution is 7.99. The van der Waals surface area contributed by atoms with Crippen LogP contribution in [0.4, 0.5) is 0 Å². The third-order valence-corrected chi connectivity index (χ3v) is 7.09. The lowest BCUT2D eigenvalue weighted by Crippen LogP contribution is -2.40. The van der Waals surface area contributed by atoms with E-state index in [1.54, 1.807) is 27.4 Å². The van der Waals surface area contributed by atoms with Crippen LogP contribution in [0.3, 0.4) is 0 Å². The largest absolute Gasteiger partial charge is 0.330 e. The molecule has 1 aliphatic rings. The average Bonchev–Trinajstić information content (AvgIpc) is 3.39. The summed E-state index contributed by atoms with van der Waals surface area (Å²) in [5.41, 5.74) is 1.27. The van der Waals surface area contributed by atoms with Crippen LogP contribution in [0.1, 0.15) is 28.3 Å². The maximum Gasteiger partial charge on any atom is 0.233 e. The number of thioether (sulfide) groups is 1. The van der Waals surface area contributed by atoms with E-state index in [1.807, 2.05) is 17.9 Å². The molecule has 0 fully saturated rings. The van der Waals surface area contributed by atoms with Crippen molar-refractivity contribution in [2.75, 3.05) is 12.3 Å². The van der Waals surface area contributed by atoms with Crippen LogP contribution in [0.15, 0.2) is 34.1 Å². The predicted molar refractivity (Wildman–Crippen MR) is 100 cm³/mol. The summed E-state index contributed by atoms with van der Waals surface area (Å²) < 4.78 is 1.71. The van der Waals surface area contributed by atoms with E-state index in [1.165, 1.54) is 27.1 Å². The van der Waals surface area contributed by atoms with E-state index in [0.29, 0.717) is 17.5 Å². The third-order valence-electron chi connectivity index (χ3n) is 4.22. The zero-order valence-corrected chi connectivity index (χ0v) is 16.1. The molecule has 3 aromatic heterocycles. The summed E-state index contributed by atoms with van der Waals surface area (Å²) in [6, 6.07) is 6.36. The fourth-order valence-corrected chi connectivity index (χ4v) is 5.63. The molecular formula is C16H17N5OS3. The first kappa shape index (κ1) is 16.7. The van der Waals surface area contributed by atoms with Crippen molar-refractivity contribution < 1.29 is 4.79 Å². The summed E-state index contributed by atoms with van der Waals surface area (Å²) in [5.74, 6) is 0.479. The zero-order valence-electron chi connectivity index (χ0n) is 13.7. The van der Waals surface area contributed by atoms with Gasteiger partial charge in [-0.25, -0.2) is 4.68 Å². The number of carbonyl (C=O) groups excluding carboxylic acids is 1. The molecule has 4 rings (SSSR count). The lowest BCUT2D eigenvalue weighted by molar-refractivity contribution is -0.130. The Labute approximate surface area is 157 Å². The Morgan fingerprint density at radius 1 is 1.36 bits per heavy atom. The SMILES string of the molecule is CCn1nnnc1SCC(=O)N1CCc2sccc2C1c1cccs1. The van der Waals surface area contributed by atoms with Crippen molar-refractivity contribution in [2.24, 2.45) is 0 Å². The summed E-state index contributed by atoms with van der Waals surface area (Å²) in [5, 5.41) is 16.5. The molecule has 0 N–H and O–H groups in total. The Bertz CT molecular complexity index is 857. The van der Waals surface area contributed by atoms with Crippen LogP contribution in [-0.2, 0) is 17.8 Å². The predicted octanol–water partition coefficient (Wildman–Crippen LogP) is 3.08. The highest BCUT2D eigenvalue weighted by Crippen LogP contribution is 2.39. The smallest absolute Gasteiger partial charge is 0.233 e. The van der Waals surface area contributed by atoms with Crippen molar-refractivity contribution in [3.05, 3.63) is 44.3 Å². The Morgan fingerprint density at radius 3 is 3.08 bits per heavy atom. The number of fused-ring (bicyclic) bond motifs is 1. The van der Waals surface area contributed by atoms with Gasteiger partial charge in [0.1, 0.15) is 0 Å². The second kappa shape index (κ2) is 7.27. The number of amides is 1. The Morgan fingerprint density at radius 2 is 2.28 bits per heavy atom. The standard InChI is InChI=1S/C16H17N5OS3/c1-2-21-16(17-18-19-21)25-10-14(22)20-7-5-12-11(6-9-24-12)15(20)13-4-3-8-23-13/h3-4,6,8-9,15H,2,5,7,10H2,1H3. The van der Waals surface area contributed by atoms with Crippen molar-refractivity contribution in [3.8, 4) is 0 Å². The van der Waals surface area contributed by atoms with Gasteiger partial charge in [-0.3, -0.25) is 4.79 Å². The molecule has 0 saturated carbocycles. The summed E-state index contributed by atoms with van der Waals surface area (Å²) in [6.45, 7) is 3.44. The molecule has 130 valence electrons. The van der Waals surface area contributed by atoms with Crippen molar-refractivity contribution in [2.45, 2.75) is 31.1 Å². The van der Waals surface area contributed by atoms with Crippen LogP contribution in [0.25, 0.3) is 0 Å². The van der Waals surface area contributed by atoms with Gasteiger partial charge in [0.15, 0.2) is 0 Å². The van der Waals surface area contributed by atoms with Crippen LogP contribution < -0.4 is 0 Å². The van der Waals surface area contributed by atoms with Gasteiger partial charge in [-0.1, -0.05) is 17.8 Å². The molecular weight excluding hydrogens is 374 g/mol. The molecule has 1 atom stereocenters. The van der Waals surface area contributed by atoms with Gasteiger partial charge in [-0.2, -0.15) is 0 Å². The minimum absolute atomic E-state index is 0.0327. The summed E-state index contributed by atoms with van der Waals surface area (Å²) in [7, 11) is 0. The first-order chi connectivity index (χ1) is 12.3. The molecule has 0 radical (unpaired) electrons. The van der Waals surface area contributed by atoms with Crippen molar-refractivity contribution >= 4 is 40.3 Å². The van der Waals surface area contributed by atoms with E-state index < -0.39 is 0 Å². The summed E-state index contributed by atoms with van der Waals surface area (Å²) in [6.07, 6.45) is 0.929. The lowest BCUT2D eigenvalue weighted by atomic mass is 9.98. The number of thiophene rings is 2. The van der Waals surface area contributed by atoms with Crippen molar-refractivity contribution in [1.29, 1.82) is 0 Å². The van der Waals surface area contributed by atoms with Crippen LogP contribution in [-0.4, -0.2) is 43.3 Å². The van der Waals surface area contributed by atoms with E-state index >= 15 is 0 Å². The molecule has 0 bridgehead atoms. The highest BCUT2D eigenvalue weighted by Gasteiger charge is 2.33. The van der Waals surface area contributed by atoms with Crippen LogP contribution in [0.2, 0.25) is 0 Å². The fraction of sp³-hybridized carbons (Fsp3) is 0.375. The van der Waals surface area contributed by atoms with E-state index in [-0.39, 0.29) is 11.9 Å². The normalized spacial score (nSPS) is 16.8. The van der Waals surface area contributed by atoms with Gasteiger partial charge in [-0.15, -0.1) is 27.8 Å². The molecule has 1 unspecified atom stereocenters. The fourth-order valence-electron chi connectivity index (χ4n) is 3.05. The number of aromatic nitrogens is 4. The molecule has 1 amide bonds. The number of rotatable bonds is 5. The minimum atomic E-state index is 0.0327. The number of carbonyl (C=O) groups is 1. The monoisotopic (exact) mass is 391 g/mol. The highest BCUT2D eigenvalue weighted by atomic mass is 32.2. The second-order valence-corrected chi connectivity index (χ2v) is 8.54. The first-order valence-corrected chi connectivity index (χ1v) is 10.8. The molecule has 3 aromatic rings. The van der Waals surface area contributed by atoms with Crippen LogP contribution in [0, 0.1) is 0 Å². The van der Waals surface area contributed by atoms with Gasteiger partial charge >= 0.3 is 0 Å². The average molecular weight is 392 g/mol. The van der Waals surface area contributed by atoms with Gasteiger partial charge in [0.05, 0.1) is 11.8 Å². The van der Waals surface area contributed by atoms with Crippen molar-refractivity contribution in [3.63, 3.8) is 0 Å².